The molecule has 3 aromatic heterocycles. The normalized spacial score (nSPS) is 17.6. The van der Waals surface area contributed by atoms with Gasteiger partial charge in [0.15, 0.2) is 0 Å². The Morgan fingerprint density at radius 2 is 1.46 bits per heavy atom. The highest BCUT2D eigenvalue weighted by atomic mass is 32.1. The number of ether oxygens (including phenoxy) is 1. The molecule has 5 heterocycles. The predicted molar refractivity (Wildman–Crippen MR) is 263 cm³/mol. The summed E-state index contributed by atoms with van der Waals surface area (Å²) in [6.07, 6.45) is 18.7. The second-order valence-corrected chi connectivity index (χ2v) is 18.1. The maximum absolute atomic E-state index is 6.59. The summed E-state index contributed by atoms with van der Waals surface area (Å²) in [7, 11) is 0. The van der Waals surface area contributed by atoms with Gasteiger partial charge in [-0.05, 0) is 137 Å². The van der Waals surface area contributed by atoms with Crippen molar-refractivity contribution in [3.05, 3.63) is 215 Å². The molecule has 2 aliphatic carbocycles. The Bertz CT molecular complexity index is 3500. The van der Waals surface area contributed by atoms with Gasteiger partial charge in [0.25, 0.3) is 0 Å². The van der Waals surface area contributed by atoms with Crippen molar-refractivity contribution in [1.29, 1.82) is 0 Å². The van der Waals surface area contributed by atoms with Crippen LogP contribution in [0.3, 0.4) is 0 Å². The molecule has 0 fully saturated rings. The number of aryl methyl sites for hydroxylation is 1. The minimum absolute atomic E-state index is 0.0302. The van der Waals surface area contributed by atoms with E-state index in [-0.39, 0.29) is 12.0 Å². The van der Waals surface area contributed by atoms with Gasteiger partial charge in [-0.3, -0.25) is 9.98 Å². The molecule has 4 aliphatic rings. The van der Waals surface area contributed by atoms with Crippen molar-refractivity contribution in [2.75, 3.05) is 6.54 Å². The van der Waals surface area contributed by atoms with Crippen LogP contribution in [0.15, 0.2) is 187 Å². The van der Waals surface area contributed by atoms with Crippen LogP contribution in [0, 0.1) is 0 Å². The van der Waals surface area contributed by atoms with E-state index >= 15 is 0 Å². The number of para-hydroxylation sites is 1. The monoisotopic (exact) mass is 827 g/mol. The van der Waals surface area contributed by atoms with Crippen molar-refractivity contribution in [2.24, 2.45) is 4.99 Å². The summed E-state index contributed by atoms with van der Waals surface area (Å²) in [6, 6.07) is 53.2. The fourth-order valence-electron chi connectivity index (χ4n) is 10.4. The Labute approximate surface area is 370 Å². The predicted octanol–water partition coefficient (Wildman–Crippen LogP) is 14.5. The van der Waals surface area contributed by atoms with Gasteiger partial charge in [0.1, 0.15) is 11.9 Å². The number of rotatable bonds is 6. The number of dihydropyridines is 1. The van der Waals surface area contributed by atoms with Crippen LogP contribution < -0.4 is 4.74 Å². The molecule has 5 heteroatoms. The lowest BCUT2D eigenvalue weighted by Crippen LogP contribution is -2.17. The average molecular weight is 828 g/mol. The maximum atomic E-state index is 6.59. The van der Waals surface area contributed by atoms with Crippen molar-refractivity contribution in [2.45, 2.75) is 31.3 Å². The van der Waals surface area contributed by atoms with Crippen molar-refractivity contribution in [3.8, 4) is 33.8 Å². The molecule has 0 N–H and O–H groups in total. The molecule has 0 saturated heterocycles. The number of allylic oxidation sites excluding steroid dienone is 4. The summed E-state index contributed by atoms with van der Waals surface area (Å²) in [5.74, 6) is 1.07. The van der Waals surface area contributed by atoms with E-state index < -0.39 is 0 Å². The average Bonchev–Trinajstić information content (AvgIpc) is 4.02. The zero-order valence-electron chi connectivity index (χ0n) is 34.5. The quantitative estimate of drug-likeness (QED) is 0.167. The summed E-state index contributed by atoms with van der Waals surface area (Å²) in [5.41, 5.74) is 18.1. The van der Waals surface area contributed by atoms with E-state index in [0.29, 0.717) is 0 Å². The van der Waals surface area contributed by atoms with Crippen LogP contribution in [0.25, 0.3) is 77.2 Å². The fraction of sp³-hybridized carbons (Fsp3) is 0.103. The molecule has 2 aliphatic heterocycles. The summed E-state index contributed by atoms with van der Waals surface area (Å²) < 4.78 is 10.4. The number of aliphatic imine (C=N–C) groups is 1. The molecule has 9 aromatic rings. The Morgan fingerprint density at radius 1 is 0.651 bits per heavy atom. The molecule has 13 rings (SSSR count). The highest BCUT2D eigenvalue weighted by Crippen LogP contribution is 2.47. The highest BCUT2D eigenvalue weighted by Gasteiger charge is 2.34. The lowest BCUT2D eigenvalue weighted by atomic mass is 9.85. The number of thiophene rings is 1. The third kappa shape index (κ3) is 6.02. The van der Waals surface area contributed by atoms with Gasteiger partial charge in [-0.2, -0.15) is 0 Å². The van der Waals surface area contributed by atoms with Gasteiger partial charge in [-0.25, -0.2) is 0 Å². The molecule has 4 nitrogen and oxygen atoms in total. The number of benzene rings is 6. The fourth-order valence-corrected chi connectivity index (χ4v) is 11.5. The Morgan fingerprint density at radius 3 is 2.35 bits per heavy atom. The van der Waals surface area contributed by atoms with Crippen LogP contribution in [-0.4, -0.2) is 27.9 Å². The molecule has 0 spiro atoms. The molecule has 2 atom stereocenters. The molecule has 0 radical (unpaired) electrons. The van der Waals surface area contributed by atoms with E-state index in [2.05, 4.69) is 181 Å². The molecular weight excluding hydrogens is 787 g/mol. The first-order valence-electron chi connectivity index (χ1n) is 22.0. The third-order valence-corrected chi connectivity index (χ3v) is 14.6. The number of hydrogen-bond donors (Lipinski definition) is 0. The summed E-state index contributed by atoms with van der Waals surface area (Å²) in [5, 5.41) is 3.86. The Balaban J connectivity index is 0.872. The molecule has 0 saturated carbocycles. The number of fused-ring (bicyclic) bond motifs is 9. The standard InChI is InChI=1S/C58H41N3OS/c1-3-13-43(51-16-7-9-29-59-51)41(11-1)38-20-25-55-47(33-38)48-35-40(23-26-56(48)62-55)61-53-18-6-5-15-45(53)46-31-36(19-24-54(46)61)37-21-27-57-49(32-37)50-34-39(22-28-58(50)63-57)42-12-2-4-14-44(42)52-17-8-10-30-60-52/h1-8,10-20,22-26,28,30-35,47,55H,9,21,27,29H2. The first kappa shape index (κ1) is 36.3. The Kier molecular flexibility index (Phi) is 8.45. The SMILES string of the molecule is C1=CC(c2ccccc2C2=CC3c4cc(-n5c6ccccc6c6cc(C7=Cc8c(sc9ccc(-c%10ccccc%10-c%10ccccn%10)cc89)CC7)ccc65)ccc4OC3C=C2)=NCC1. The maximum Gasteiger partial charge on any atom is 0.128 e. The molecule has 63 heavy (non-hydrogen) atoms. The van der Waals surface area contributed by atoms with Gasteiger partial charge in [-0.15, -0.1) is 11.3 Å². The van der Waals surface area contributed by atoms with Crippen molar-refractivity contribution in [3.63, 3.8) is 0 Å². The summed E-state index contributed by atoms with van der Waals surface area (Å²) in [4.78, 5) is 11.0. The molecule has 2 unspecified atom stereocenters. The molecule has 0 amide bonds. The third-order valence-electron chi connectivity index (χ3n) is 13.4. The topological polar surface area (TPSA) is 39.4 Å². The molecule has 0 bridgehead atoms. The van der Waals surface area contributed by atoms with Gasteiger partial charge >= 0.3 is 0 Å². The minimum atomic E-state index is -0.0302. The van der Waals surface area contributed by atoms with Crippen molar-refractivity contribution >= 4 is 66.2 Å². The van der Waals surface area contributed by atoms with E-state index in [1.807, 2.05) is 23.6 Å². The molecule has 6 aromatic carbocycles. The zero-order chi connectivity index (χ0) is 41.4. The van der Waals surface area contributed by atoms with Gasteiger partial charge in [0.2, 0.25) is 0 Å². The smallest absolute Gasteiger partial charge is 0.128 e. The van der Waals surface area contributed by atoms with Crippen LogP contribution in [0.5, 0.6) is 5.75 Å². The molecular formula is C58H41N3OS. The first-order valence-corrected chi connectivity index (χ1v) is 22.9. The van der Waals surface area contributed by atoms with Crippen LogP contribution in [0.1, 0.15) is 51.5 Å². The number of pyridine rings is 1. The van der Waals surface area contributed by atoms with E-state index in [1.165, 1.54) is 86.9 Å². The van der Waals surface area contributed by atoms with Crippen LogP contribution in [0.4, 0.5) is 0 Å². The van der Waals surface area contributed by atoms with Gasteiger partial charge in [0.05, 0.1) is 22.4 Å². The second-order valence-electron chi connectivity index (χ2n) is 17.0. The highest BCUT2D eigenvalue weighted by molar-refractivity contribution is 7.19. The summed E-state index contributed by atoms with van der Waals surface area (Å²) >= 11 is 1.94. The van der Waals surface area contributed by atoms with Crippen molar-refractivity contribution in [1.82, 2.24) is 9.55 Å². The lowest BCUT2D eigenvalue weighted by Gasteiger charge is -2.21. The van der Waals surface area contributed by atoms with Crippen LogP contribution in [0.2, 0.25) is 0 Å². The molecule has 300 valence electrons. The van der Waals surface area contributed by atoms with E-state index in [0.717, 1.165) is 54.2 Å². The van der Waals surface area contributed by atoms with E-state index in [1.54, 1.807) is 0 Å². The van der Waals surface area contributed by atoms with E-state index in [9.17, 15) is 0 Å². The number of aromatic nitrogens is 2. The largest absolute Gasteiger partial charge is 0.485 e. The second kappa shape index (κ2) is 14.6. The van der Waals surface area contributed by atoms with Crippen LogP contribution in [-0.2, 0) is 6.42 Å². The lowest BCUT2D eigenvalue weighted by molar-refractivity contribution is 0.269. The van der Waals surface area contributed by atoms with E-state index in [4.69, 9.17) is 14.7 Å². The first-order chi connectivity index (χ1) is 31.2. The van der Waals surface area contributed by atoms with Gasteiger partial charge < -0.3 is 9.30 Å². The number of hydrogen-bond acceptors (Lipinski definition) is 4. The Hall–Kier alpha value is -7.34. The zero-order valence-corrected chi connectivity index (χ0v) is 35.4. The van der Waals surface area contributed by atoms with Crippen LogP contribution >= 0.6 is 11.3 Å². The van der Waals surface area contributed by atoms with Crippen molar-refractivity contribution < 1.29 is 4.74 Å². The number of nitrogens with zero attached hydrogens (tertiary/aromatic N) is 3. The summed E-state index contributed by atoms with van der Waals surface area (Å²) in [6.45, 7) is 0.838. The minimum Gasteiger partial charge on any atom is -0.485 e. The van der Waals surface area contributed by atoms with Gasteiger partial charge in [-0.1, -0.05) is 103 Å². The van der Waals surface area contributed by atoms with Gasteiger partial charge in [0, 0.05) is 66.8 Å².